The Kier molecular flexibility index (Phi) is 4.15. The van der Waals surface area contributed by atoms with Gasteiger partial charge in [-0.3, -0.25) is 0 Å². The highest BCUT2D eigenvalue weighted by Gasteiger charge is 2.17. The number of rotatable bonds is 3. The van der Waals surface area contributed by atoms with Gasteiger partial charge in [0, 0.05) is 17.2 Å². The second-order valence-electron chi connectivity index (χ2n) is 5.69. The number of benzene rings is 2. The standard InChI is InChI=1S/C19H14Cl2N4/c1-12-7-5-6-10-14(12)19-23-18(17(20)21)22-16-11-15(24-25(16)19)13-8-3-2-4-9-13/h2-11,17H,1H3. The van der Waals surface area contributed by atoms with Crippen LogP contribution in [0.5, 0.6) is 0 Å². The normalized spacial score (nSPS) is 11.4. The van der Waals surface area contributed by atoms with Crippen molar-refractivity contribution in [3.63, 3.8) is 0 Å². The molecule has 0 aliphatic carbocycles. The Morgan fingerprint density at radius 3 is 2.36 bits per heavy atom. The Balaban J connectivity index is 2.00. The van der Waals surface area contributed by atoms with Gasteiger partial charge >= 0.3 is 0 Å². The zero-order valence-electron chi connectivity index (χ0n) is 13.4. The van der Waals surface area contributed by atoms with Crippen LogP contribution in [0, 0.1) is 6.92 Å². The molecule has 0 radical (unpaired) electrons. The molecule has 0 bridgehead atoms. The minimum Gasteiger partial charge on any atom is -0.211 e. The van der Waals surface area contributed by atoms with E-state index in [1.54, 1.807) is 4.52 Å². The molecule has 124 valence electrons. The second-order valence-corrected chi connectivity index (χ2v) is 6.78. The van der Waals surface area contributed by atoms with Gasteiger partial charge in [-0.25, -0.2) is 9.97 Å². The molecule has 0 saturated carbocycles. The van der Waals surface area contributed by atoms with Crippen molar-refractivity contribution in [3.05, 3.63) is 72.1 Å². The highest BCUT2D eigenvalue weighted by Crippen LogP contribution is 2.28. The Bertz CT molecular complexity index is 1040. The van der Waals surface area contributed by atoms with Crippen molar-refractivity contribution in [2.24, 2.45) is 0 Å². The van der Waals surface area contributed by atoms with E-state index in [0.29, 0.717) is 17.3 Å². The first-order valence-corrected chi connectivity index (χ1v) is 8.68. The van der Waals surface area contributed by atoms with Crippen LogP contribution in [0.15, 0.2) is 60.7 Å². The zero-order valence-corrected chi connectivity index (χ0v) is 14.9. The Hall–Kier alpha value is -2.43. The lowest BCUT2D eigenvalue weighted by atomic mass is 10.1. The summed E-state index contributed by atoms with van der Waals surface area (Å²) in [6.07, 6.45) is 0. The molecule has 4 nitrogen and oxygen atoms in total. The van der Waals surface area contributed by atoms with Crippen LogP contribution in [0.4, 0.5) is 0 Å². The lowest BCUT2D eigenvalue weighted by molar-refractivity contribution is 0.872. The molecule has 6 heteroatoms. The van der Waals surface area contributed by atoms with E-state index in [-0.39, 0.29) is 0 Å². The van der Waals surface area contributed by atoms with E-state index in [9.17, 15) is 0 Å². The fraction of sp³-hybridized carbons (Fsp3) is 0.105. The molecule has 0 atom stereocenters. The van der Waals surface area contributed by atoms with E-state index in [2.05, 4.69) is 9.97 Å². The lowest BCUT2D eigenvalue weighted by Gasteiger charge is -2.09. The van der Waals surface area contributed by atoms with Gasteiger partial charge in [-0.2, -0.15) is 9.61 Å². The average molecular weight is 369 g/mol. The third-order valence-corrected chi connectivity index (χ3v) is 4.38. The number of alkyl halides is 2. The maximum Gasteiger partial charge on any atom is 0.167 e. The van der Waals surface area contributed by atoms with Gasteiger partial charge in [0.05, 0.1) is 5.69 Å². The number of hydrogen-bond acceptors (Lipinski definition) is 3. The summed E-state index contributed by atoms with van der Waals surface area (Å²) in [7, 11) is 0. The molecule has 25 heavy (non-hydrogen) atoms. The third-order valence-electron chi connectivity index (χ3n) is 3.99. The second kappa shape index (κ2) is 6.47. The summed E-state index contributed by atoms with van der Waals surface area (Å²) in [5.74, 6) is 1.04. The fourth-order valence-electron chi connectivity index (χ4n) is 2.75. The van der Waals surface area contributed by atoms with Crippen molar-refractivity contribution in [3.8, 4) is 22.6 Å². The van der Waals surface area contributed by atoms with Crippen LogP contribution in [0.25, 0.3) is 28.3 Å². The molecular weight excluding hydrogens is 355 g/mol. The Morgan fingerprint density at radius 2 is 1.64 bits per heavy atom. The van der Waals surface area contributed by atoms with Crippen molar-refractivity contribution in [1.82, 2.24) is 19.6 Å². The van der Waals surface area contributed by atoms with E-state index in [1.165, 1.54) is 0 Å². The Labute approximate surface area is 155 Å². The van der Waals surface area contributed by atoms with Gasteiger partial charge < -0.3 is 0 Å². The van der Waals surface area contributed by atoms with E-state index in [0.717, 1.165) is 22.4 Å². The van der Waals surface area contributed by atoms with Crippen LogP contribution in [0.1, 0.15) is 16.2 Å². The number of fused-ring (bicyclic) bond motifs is 1. The van der Waals surface area contributed by atoms with Crippen LogP contribution in [0.3, 0.4) is 0 Å². The van der Waals surface area contributed by atoms with Crippen LogP contribution in [-0.4, -0.2) is 19.6 Å². The van der Waals surface area contributed by atoms with Crippen molar-refractivity contribution < 1.29 is 0 Å². The molecule has 0 aliphatic rings. The molecule has 0 spiro atoms. The predicted octanol–water partition coefficient (Wildman–Crippen LogP) is 5.24. The maximum atomic E-state index is 6.04. The average Bonchev–Trinajstić information content (AvgIpc) is 3.06. The molecule has 0 unspecified atom stereocenters. The number of aromatic nitrogens is 4. The van der Waals surface area contributed by atoms with Gasteiger partial charge in [-0.15, -0.1) is 0 Å². The van der Waals surface area contributed by atoms with E-state index < -0.39 is 4.84 Å². The molecule has 0 N–H and O–H groups in total. The quantitative estimate of drug-likeness (QED) is 0.464. The molecule has 0 amide bonds. The maximum absolute atomic E-state index is 6.04. The number of nitrogens with zero attached hydrogens (tertiary/aromatic N) is 4. The summed E-state index contributed by atoms with van der Waals surface area (Å²) in [5, 5.41) is 4.71. The predicted molar refractivity (Wildman–Crippen MR) is 101 cm³/mol. The highest BCUT2D eigenvalue weighted by molar-refractivity contribution is 6.43. The molecule has 4 rings (SSSR count). The summed E-state index contributed by atoms with van der Waals surface area (Å²) in [4.78, 5) is 8.22. The van der Waals surface area contributed by atoms with Crippen molar-refractivity contribution in [2.75, 3.05) is 0 Å². The van der Waals surface area contributed by atoms with Crippen LogP contribution in [-0.2, 0) is 0 Å². The molecule has 2 heterocycles. The number of hydrogen-bond donors (Lipinski definition) is 0. The highest BCUT2D eigenvalue weighted by atomic mass is 35.5. The topological polar surface area (TPSA) is 43.1 Å². The first-order chi connectivity index (χ1) is 12.1. The van der Waals surface area contributed by atoms with Gasteiger partial charge in [-0.1, -0.05) is 77.8 Å². The van der Waals surface area contributed by atoms with Gasteiger partial charge in [0.25, 0.3) is 0 Å². The van der Waals surface area contributed by atoms with Crippen molar-refractivity contribution >= 4 is 28.8 Å². The van der Waals surface area contributed by atoms with E-state index >= 15 is 0 Å². The molecule has 2 aromatic heterocycles. The smallest absolute Gasteiger partial charge is 0.167 e. The largest absolute Gasteiger partial charge is 0.211 e. The first-order valence-electron chi connectivity index (χ1n) is 7.81. The van der Waals surface area contributed by atoms with Gasteiger partial charge in [-0.05, 0) is 12.5 Å². The third kappa shape index (κ3) is 2.99. The van der Waals surface area contributed by atoms with Crippen molar-refractivity contribution in [1.29, 1.82) is 0 Å². The zero-order chi connectivity index (χ0) is 17.4. The molecular formula is C19H14Cl2N4. The van der Waals surface area contributed by atoms with Crippen LogP contribution < -0.4 is 0 Å². The molecule has 4 aromatic rings. The SMILES string of the molecule is Cc1ccccc1-c1nc(C(Cl)Cl)nc2cc(-c3ccccc3)nn12. The minimum atomic E-state index is -0.803. The van der Waals surface area contributed by atoms with Gasteiger partial charge in [0.15, 0.2) is 22.1 Å². The molecule has 2 aromatic carbocycles. The van der Waals surface area contributed by atoms with Crippen LogP contribution in [0.2, 0.25) is 0 Å². The van der Waals surface area contributed by atoms with E-state index in [4.69, 9.17) is 28.3 Å². The molecule has 0 fully saturated rings. The molecule has 0 saturated heterocycles. The summed E-state index contributed by atoms with van der Waals surface area (Å²) in [6.45, 7) is 2.03. The molecule has 0 aliphatic heterocycles. The summed E-state index contributed by atoms with van der Waals surface area (Å²) < 4.78 is 1.74. The van der Waals surface area contributed by atoms with Gasteiger partial charge in [0.2, 0.25) is 0 Å². The summed E-state index contributed by atoms with van der Waals surface area (Å²) in [6, 6.07) is 19.9. The summed E-state index contributed by atoms with van der Waals surface area (Å²) in [5.41, 5.74) is 4.55. The number of halogens is 2. The Morgan fingerprint density at radius 1 is 0.920 bits per heavy atom. The monoisotopic (exact) mass is 368 g/mol. The number of aryl methyl sites for hydroxylation is 1. The van der Waals surface area contributed by atoms with E-state index in [1.807, 2.05) is 67.6 Å². The fourth-order valence-corrected chi connectivity index (χ4v) is 2.95. The first kappa shape index (κ1) is 16.1. The van der Waals surface area contributed by atoms with Crippen molar-refractivity contribution in [2.45, 2.75) is 11.8 Å². The van der Waals surface area contributed by atoms with Crippen LogP contribution >= 0.6 is 23.2 Å². The summed E-state index contributed by atoms with van der Waals surface area (Å²) >= 11 is 12.1. The van der Waals surface area contributed by atoms with Gasteiger partial charge in [0.1, 0.15) is 0 Å². The minimum absolute atomic E-state index is 0.369. The lowest BCUT2D eigenvalue weighted by Crippen LogP contribution is -2.05.